The summed E-state index contributed by atoms with van der Waals surface area (Å²) in [6, 6.07) is 12.0. The number of carbonyl (C=O) groups excluding carboxylic acids is 3. The van der Waals surface area contributed by atoms with Crippen molar-refractivity contribution in [1.82, 2.24) is 10.2 Å². The molecule has 0 unspecified atom stereocenters. The molecule has 0 spiro atoms. The molecule has 30 heavy (non-hydrogen) atoms. The molecule has 0 radical (unpaired) electrons. The molecule has 0 aliphatic carbocycles. The van der Waals surface area contributed by atoms with Crippen LogP contribution in [0.25, 0.3) is 0 Å². The SMILES string of the molecule is O=C(CNC(=O)C1CCN(C(=O)c2ccc(F)cc2F)CC1)OCc1ccccc1. The molecule has 3 rings (SSSR count). The Morgan fingerprint density at radius 3 is 2.40 bits per heavy atom. The Kier molecular flexibility index (Phi) is 7.11. The van der Waals surface area contributed by atoms with Gasteiger partial charge in [-0.25, -0.2) is 8.78 Å². The molecular weight excluding hydrogens is 394 g/mol. The van der Waals surface area contributed by atoms with Crippen molar-refractivity contribution >= 4 is 17.8 Å². The maximum atomic E-state index is 13.8. The molecule has 0 aromatic heterocycles. The van der Waals surface area contributed by atoms with Crippen LogP contribution in [-0.2, 0) is 20.9 Å². The van der Waals surface area contributed by atoms with Crippen LogP contribution in [0.3, 0.4) is 0 Å². The smallest absolute Gasteiger partial charge is 0.325 e. The molecule has 158 valence electrons. The van der Waals surface area contributed by atoms with Gasteiger partial charge < -0.3 is 15.0 Å². The maximum absolute atomic E-state index is 13.8. The Bertz CT molecular complexity index is 913. The number of nitrogens with one attached hydrogen (secondary N) is 1. The quantitative estimate of drug-likeness (QED) is 0.735. The number of halogens is 2. The molecule has 1 N–H and O–H groups in total. The zero-order valence-electron chi connectivity index (χ0n) is 16.3. The average Bonchev–Trinajstić information content (AvgIpc) is 2.76. The number of carbonyl (C=O) groups is 3. The molecule has 0 atom stereocenters. The largest absolute Gasteiger partial charge is 0.460 e. The van der Waals surface area contributed by atoms with Crippen molar-refractivity contribution in [2.75, 3.05) is 19.6 Å². The third kappa shape index (κ3) is 5.62. The number of nitrogens with zero attached hydrogens (tertiary/aromatic N) is 1. The van der Waals surface area contributed by atoms with Crippen molar-refractivity contribution in [2.24, 2.45) is 5.92 Å². The fourth-order valence-electron chi connectivity index (χ4n) is 3.27. The highest BCUT2D eigenvalue weighted by atomic mass is 19.1. The van der Waals surface area contributed by atoms with E-state index in [0.717, 1.165) is 17.7 Å². The van der Waals surface area contributed by atoms with E-state index >= 15 is 0 Å². The van der Waals surface area contributed by atoms with Gasteiger partial charge in [0, 0.05) is 25.1 Å². The monoisotopic (exact) mass is 416 g/mol. The first-order valence-electron chi connectivity index (χ1n) is 9.65. The van der Waals surface area contributed by atoms with E-state index in [4.69, 9.17) is 4.74 Å². The summed E-state index contributed by atoms with van der Waals surface area (Å²) in [7, 11) is 0. The summed E-state index contributed by atoms with van der Waals surface area (Å²) in [5.74, 6) is -3.36. The van der Waals surface area contributed by atoms with Gasteiger partial charge in [-0.15, -0.1) is 0 Å². The molecule has 1 fully saturated rings. The lowest BCUT2D eigenvalue weighted by atomic mass is 9.95. The topological polar surface area (TPSA) is 75.7 Å². The molecule has 0 bridgehead atoms. The van der Waals surface area contributed by atoms with Crippen LogP contribution in [0.4, 0.5) is 8.78 Å². The lowest BCUT2D eigenvalue weighted by Gasteiger charge is -2.31. The van der Waals surface area contributed by atoms with Crippen molar-refractivity contribution in [3.8, 4) is 0 Å². The molecule has 6 nitrogen and oxygen atoms in total. The second-order valence-electron chi connectivity index (χ2n) is 7.05. The summed E-state index contributed by atoms with van der Waals surface area (Å²) in [5.41, 5.74) is 0.660. The number of piperidine rings is 1. The lowest BCUT2D eigenvalue weighted by Crippen LogP contribution is -2.44. The third-order valence-corrected chi connectivity index (χ3v) is 4.96. The molecule has 1 saturated heterocycles. The minimum Gasteiger partial charge on any atom is -0.460 e. The van der Waals surface area contributed by atoms with Crippen molar-refractivity contribution in [3.63, 3.8) is 0 Å². The van der Waals surface area contributed by atoms with Gasteiger partial charge in [-0.3, -0.25) is 14.4 Å². The fraction of sp³-hybridized carbons (Fsp3) is 0.318. The predicted molar refractivity (Wildman–Crippen MR) is 104 cm³/mol. The summed E-state index contributed by atoms with van der Waals surface area (Å²) in [6.07, 6.45) is 0.777. The summed E-state index contributed by atoms with van der Waals surface area (Å²) in [4.78, 5) is 37.9. The van der Waals surface area contributed by atoms with Gasteiger partial charge in [0.2, 0.25) is 5.91 Å². The van der Waals surface area contributed by atoms with Crippen LogP contribution in [0.2, 0.25) is 0 Å². The molecule has 8 heteroatoms. The van der Waals surface area contributed by atoms with Gasteiger partial charge >= 0.3 is 5.97 Å². The van der Waals surface area contributed by atoms with Crippen molar-refractivity contribution in [3.05, 3.63) is 71.3 Å². The van der Waals surface area contributed by atoms with E-state index in [-0.39, 0.29) is 43.6 Å². The van der Waals surface area contributed by atoms with E-state index in [0.29, 0.717) is 18.9 Å². The normalized spacial score (nSPS) is 14.3. The number of rotatable bonds is 6. The van der Waals surface area contributed by atoms with Gasteiger partial charge in [-0.05, 0) is 30.5 Å². The van der Waals surface area contributed by atoms with E-state index in [1.54, 1.807) is 0 Å². The minimum atomic E-state index is -0.908. The van der Waals surface area contributed by atoms with Crippen molar-refractivity contribution in [2.45, 2.75) is 19.4 Å². The lowest BCUT2D eigenvalue weighted by molar-refractivity contribution is -0.145. The first-order valence-corrected chi connectivity index (χ1v) is 9.65. The van der Waals surface area contributed by atoms with Gasteiger partial charge in [0.05, 0.1) is 5.56 Å². The zero-order chi connectivity index (χ0) is 21.5. The second kappa shape index (κ2) is 9.96. The van der Waals surface area contributed by atoms with Crippen LogP contribution in [0.15, 0.2) is 48.5 Å². The molecule has 1 aliphatic heterocycles. The number of hydrogen-bond acceptors (Lipinski definition) is 4. The molecular formula is C22H22F2N2O4. The molecule has 2 amide bonds. The summed E-state index contributed by atoms with van der Waals surface area (Å²) >= 11 is 0. The van der Waals surface area contributed by atoms with Gasteiger partial charge in [0.1, 0.15) is 24.8 Å². The molecule has 1 heterocycles. The first kappa shape index (κ1) is 21.4. The number of esters is 1. The van der Waals surface area contributed by atoms with Gasteiger partial charge in [0.25, 0.3) is 5.91 Å². The Labute approximate surface area is 172 Å². The van der Waals surface area contributed by atoms with Crippen molar-refractivity contribution < 1.29 is 27.9 Å². The van der Waals surface area contributed by atoms with Crippen LogP contribution in [0.5, 0.6) is 0 Å². The van der Waals surface area contributed by atoms with Crippen LogP contribution in [0, 0.1) is 17.6 Å². The van der Waals surface area contributed by atoms with Crippen LogP contribution < -0.4 is 5.32 Å². The zero-order valence-corrected chi connectivity index (χ0v) is 16.3. The van der Waals surface area contributed by atoms with E-state index in [2.05, 4.69) is 5.32 Å². The van der Waals surface area contributed by atoms with Gasteiger partial charge in [-0.2, -0.15) is 0 Å². The molecule has 0 saturated carbocycles. The van der Waals surface area contributed by atoms with Crippen LogP contribution in [0.1, 0.15) is 28.8 Å². The van der Waals surface area contributed by atoms with E-state index in [1.165, 1.54) is 4.90 Å². The Hall–Kier alpha value is -3.29. The number of amides is 2. The number of hydrogen-bond donors (Lipinski definition) is 1. The number of ether oxygens (including phenoxy) is 1. The molecule has 2 aromatic carbocycles. The van der Waals surface area contributed by atoms with Crippen molar-refractivity contribution in [1.29, 1.82) is 0 Å². The fourth-order valence-corrected chi connectivity index (χ4v) is 3.27. The molecule has 2 aromatic rings. The standard InChI is InChI=1S/C22H22F2N2O4/c23-17-6-7-18(19(24)12-17)22(29)26-10-8-16(9-11-26)21(28)25-13-20(27)30-14-15-4-2-1-3-5-15/h1-7,12,16H,8-11,13-14H2,(H,25,28). The van der Waals surface area contributed by atoms with E-state index < -0.39 is 23.5 Å². The van der Waals surface area contributed by atoms with Gasteiger partial charge in [-0.1, -0.05) is 30.3 Å². The predicted octanol–water partition coefficient (Wildman–Crippen LogP) is 2.68. The first-order chi connectivity index (χ1) is 14.4. The molecule has 1 aliphatic rings. The highest BCUT2D eigenvalue weighted by Crippen LogP contribution is 2.20. The summed E-state index contributed by atoms with van der Waals surface area (Å²) < 4.78 is 31.9. The Morgan fingerprint density at radius 2 is 1.73 bits per heavy atom. The number of benzene rings is 2. The van der Waals surface area contributed by atoms with Gasteiger partial charge in [0.15, 0.2) is 0 Å². The van der Waals surface area contributed by atoms with E-state index in [9.17, 15) is 23.2 Å². The summed E-state index contributed by atoms with van der Waals surface area (Å²) in [6.45, 7) is 0.444. The number of likely N-dealkylation sites (tertiary alicyclic amines) is 1. The van der Waals surface area contributed by atoms with Crippen LogP contribution >= 0.6 is 0 Å². The van der Waals surface area contributed by atoms with E-state index in [1.807, 2.05) is 30.3 Å². The third-order valence-electron chi connectivity index (χ3n) is 4.96. The minimum absolute atomic E-state index is 0.135. The Morgan fingerprint density at radius 1 is 1.03 bits per heavy atom. The highest BCUT2D eigenvalue weighted by Gasteiger charge is 2.29. The van der Waals surface area contributed by atoms with Crippen LogP contribution in [-0.4, -0.2) is 42.3 Å². The highest BCUT2D eigenvalue weighted by molar-refractivity contribution is 5.94. The average molecular weight is 416 g/mol. The summed E-state index contributed by atoms with van der Waals surface area (Å²) in [5, 5.41) is 2.56. The Balaban J connectivity index is 1.41. The second-order valence-corrected chi connectivity index (χ2v) is 7.05. The maximum Gasteiger partial charge on any atom is 0.325 e.